The second-order valence-corrected chi connectivity index (χ2v) is 5.21. The zero-order valence-corrected chi connectivity index (χ0v) is 10.9. The lowest BCUT2D eigenvalue weighted by atomic mass is 9.80. The van der Waals surface area contributed by atoms with E-state index in [9.17, 15) is 4.79 Å². The molecule has 4 heteroatoms. The zero-order valence-electron chi connectivity index (χ0n) is 10.9. The van der Waals surface area contributed by atoms with Crippen molar-refractivity contribution in [1.29, 1.82) is 0 Å². The molecule has 18 heavy (non-hydrogen) atoms. The fourth-order valence-electron chi connectivity index (χ4n) is 2.58. The number of hydrogen-bond acceptors (Lipinski definition) is 3. The van der Waals surface area contributed by atoms with Crippen LogP contribution < -0.4 is 11.1 Å². The van der Waals surface area contributed by atoms with Crippen molar-refractivity contribution < 1.29 is 4.79 Å². The van der Waals surface area contributed by atoms with Crippen LogP contribution in [0.1, 0.15) is 43.1 Å². The number of nitrogens with one attached hydrogen (secondary N) is 1. The predicted molar refractivity (Wildman–Crippen MR) is 72.1 cm³/mol. The molecule has 1 fully saturated rings. The van der Waals surface area contributed by atoms with Gasteiger partial charge in [0.25, 0.3) is 5.91 Å². The minimum Gasteiger partial charge on any atom is -0.399 e. The molecule has 1 heterocycles. The zero-order chi connectivity index (χ0) is 13.0. The average molecular weight is 247 g/mol. The summed E-state index contributed by atoms with van der Waals surface area (Å²) in [5.41, 5.74) is 6.61. The number of aromatic nitrogens is 1. The number of nitrogens with zero attached hydrogens (tertiary/aromatic N) is 1. The van der Waals surface area contributed by atoms with E-state index < -0.39 is 0 Å². The molecule has 1 aromatic rings. The number of carbonyl (C=O) groups is 1. The third-order valence-electron chi connectivity index (χ3n) is 3.83. The first-order valence-corrected chi connectivity index (χ1v) is 6.66. The van der Waals surface area contributed by atoms with Gasteiger partial charge in [-0.2, -0.15) is 0 Å². The summed E-state index contributed by atoms with van der Waals surface area (Å²) in [4.78, 5) is 15.9. The summed E-state index contributed by atoms with van der Waals surface area (Å²) in [6.07, 6.45) is 6.65. The van der Waals surface area contributed by atoms with Crippen molar-refractivity contribution >= 4 is 11.6 Å². The van der Waals surface area contributed by atoms with E-state index in [0.29, 0.717) is 23.2 Å². The first-order valence-electron chi connectivity index (χ1n) is 6.66. The van der Waals surface area contributed by atoms with E-state index in [2.05, 4.69) is 17.2 Å². The Kier molecular flexibility index (Phi) is 4.18. The van der Waals surface area contributed by atoms with Crippen molar-refractivity contribution in [3.63, 3.8) is 0 Å². The maximum Gasteiger partial charge on any atom is 0.269 e. The SMILES string of the molecule is CC1CCCCC1CNC(=O)c1cc(N)ccn1. The Balaban J connectivity index is 1.88. The topological polar surface area (TPSA) is 68.0 Å². The van der Waals surface area contributed by atoms with Crippen molar-refractivity contribution in [2.45, 2.75) is 32.6 Å². The molecular formula is C14H21N3O. The molecule has 2 atom stereocenters. The van der Waals surface area contributed by atoms with Crippen LogP contribution in [0.2, 0.25) is 0 Å². The van der Waals surface area contributed by atoms with Crippen LogP contribution in [0.5, 0.6) is 0 Å². The van der Waals surface area contributed by atoms with Crippen molar-refractivity contribution in [3.8, 4) is 0 Å². The molecule has 1 aliphatic rings. The highest BCUT2D eigenvalue weighted by Gasteiger charge is 2.21. The Morgan fingerprint density at radius 1 is 1.50 bits per heavy atom. The highest BCUT2D eigenvalue weighted by Crippen LogP contribution is 2.28. The minimum atomic E-state index is -0.125. The molecule has 3 N–H and O–H groups in total. The van der Waals surface area contributed by atoms with Crippen LogP contribution in [0, 0.1) is 11.8 Å². The summed E-state index contributed by atoms with van der Waals surface area (Å²) in [7, 11) is 0. The summed E-state index contributed by atoms with van der Waals surface area (Å²) in [5, 5.41) is 2.97. The Morgan fingerprint density at radius 3 is 3.00 bits per heavy atom. The molecule has 2 rings (SSSR count). The molecular weight excluding hydrogens is 226 g/mol. The first-order chi connectivity index (χ1) is 8.66. The van der Waals surface area contributed by atoms with E-state index in [1.807, 2.05) is 0 Å². The second kappa shape index (κ2) is 5.85. The molecule has 0 bridgehead atoms. The monoisotopic (exact) mass is 247 g/mol. The van der Waals surface area contributed by atoms with Crippen LogP contribution in [0.15, 0.2) is 18.3 Å². The van der Waals surface area contributed by atoms with Gasteiger partial charge in [0.1, 0.15) is 5.69 Å². The molecule has 1 amide bonds. The molecule has 1 aliphatic carbocycles. The fraction of sp³-hybridized carbons (Fsp3) is 0.571. The number of anilines is 1. The highest BCUT2D eigenvalue weighted by atomic mass is 16.1. The summed E-state index contributed by atoms with van der Waals surface area (Å²) in [6.45, 7) is 3.02. The molecule has 4 nitrogen and oxygen atoms in total. The van der Waals surface area contributed by atoms with Crippen molar-refractivity contribution in [3.05, 3.63) is 24.0 Å². The quantitative estimate of drug-likeness (QED) is 0.860. The molecule has 0 aromatic carbocycles. The van der Waals surface area contributed by atoms with Gasteiger partial charge in [-0.05, 0) is 30.4 Å². The molecule has 98 valence electrons. The number of nitrogens with two attached hydrogens (primary N) is 1. The summed E-state index contributed by atoms with van der Waals surface area (Å²) in [6, 6.07) is 3.29. The van der Waals surface area contributed by atoms with Gasteiger partial charge in [-0.25, -0.2) is 0 Å². The highest BCUT2D eigenvalue weighted by molar-refractivity contribution is 5.92. The van der Waals surface area contributed by atoms with Gasteiger partial charge >= 0.3 is 0 Å². The van der Waals surface area contributed by atoms with Crippen molar-refractivity contribution in [2.75, 3.05) is 12.3 Å². The van der Waals surface area contributed by atoms with Crippen LogP contribution in [-0.2, 0) is 0 Å². The third kappa shape index (κ3) is 3.22. The number of nitrogen functional groups attached to an aromatic ring is 1. The standard InChI is InChI=1S/C14H21N3O/c1-10-4-2-3-5-11(10)9-17-14(18)13-8-12(15)6-7-16-13/h6-8,10-11H,2-5,9H2,1H3,(H2,15,16)(H,17,18). The smallest absolute Gasteiger partial charge is 0.269 e. The van der Waals surface area contributed by atoms with Gasteiger partial charge in [0, 0.05) is 18.4 Å². The van der Waals surface area contributed by atoms with Crippen LogP contribution in [0.4, 0.5) is 5.69 Å². The Bertz CT molecular complexity index is 419. The average Bonchev–Trinajstić information content (AvgIpc) is 2.37. The van der Waals surface area contributed by atoms with Crippen LogP contribution in [0.3, 0.4) is 0 Å². The summed E-state index contributed by atoms with van der Waals surface area (Å²) in [5.74, 6) is 1.18. The fourth-order valence-corrected chi connectivity index (χ4v) is 2.58. The Labute approximate surface area is 108 Å². The second-order valence-electron chi connectivity index (χ2n) is 5.21. The van der Waals surface area contributed by atoms with Gasteiger partial charge in [-0.15, -0.1) is 0 Å². The van der Waals surface area contributed by atoms with Crippen LogP contribution in [0.25, 0.3) is 0 Å². The molecule has 0 saturated heterocycles. The van der Waals surface area contributed by atoms with E-state index in [0.717, 1.165) is 6.54 Å². The van der Waals surface area contributed by atoms with E-state index >= 15 is 0 Å². The van der Waals surface area contributed by atoms with E-state index in [1.54, 1.807) is 18.3 Å². The molecule has 0 aliphatic heterocycles. The first kappa shape index (κ1) is 12.9. The van der Waals surface area contributed by atoms with E-state index in [4.69, 9.17) is 5.73 Å². The van der Waals surface area contributed by atoms with E-state index in [-0.39, 0.29) is 5.91 Å². The molecule has 1 saturated carbocycles. The van der Waals surface area contributed by atoms with Crippen LogP contribution >= 0.6 is 0 Å². The van der Waals surface area contributed by atoms with Gasteiger partial charge in [0.15, 0.2) is 0 Å². The summed E-state index contributed by atoms with van der Waals surface area (Å²) >= 11 is 0. The van der Waals surface area contributed by atoms with Gasteiger partial charge in [-0.1, -0.05) is 26.2 Å². The number of rotatable bonds is 3. The molecule has 2 unspecified atom stereocenters. The molecule has 0 spiro atoms. The number of hydrogen-bond donors (Lipinski definition) is 2. The van der Waals surface area contributed by atoms with Gasteiger partial charge < -0.3 is 11.1 Å². The van der Waals surface area contributed by atoms with Gasteiger partial charge in [-0.3, -0.25) is 9.78 Å². The van der Waals surface area contributed by atoms with Crippen LogP contribution in [-0.4, -0.2) is 17.4 Å². The normalized spacial score (nSPS) is 23.6. The number of pyridine rings is 1. The Morgan fingerprint density at radius 2 is 2.28 bits per heavy atom. The largest absolute Gasteiger partial charge is 0.399 e. The minimum absolute atomic E-state index is 0.125. The lowest BCUT2D eigenvalue weighted by Crippen LogP contribution is -2.33. The maximum atomic E-state index is 11.9. The van der Waals surface area contributed by atoms with Gasteiger partial charge in [0.05, 0.1) is 0 Å². The lowest BCUT2D eigenvalue weighted by molar-refractivity contribution is 0.0931. The molecule has 1 aromatic heterocycles. The van der Waals surface area contributed by atoms with Crippen molar-refractivity contribution in [1.82, 2.24) is 10.3 Å². The third-order valence-corrected chi connectivity index (χ3v) is 3.83. The Hall–Kier alpha value is -1.58. The maximum absolute atomic E-state index is 11.9. The van der Waals surface area contributed by atoms with Gasteiger partial charge in [0.2, 0.25) is 0 Å². The van der Waals surface area contributed by atoms with E-state index in [1.165, 1.54) is 25.7 Å². The predicted octanol–water partition coefficient (Wildman–Crippen LogP) is 2.22. The number of amides is 1. The summed E-state index contributed by atoms with van der Waals surface area (Å²) < 4.78 is 0. The number of carbonyl (C=O) groups excluding carboxylic acids is 1. The lowest BCUT2D eigenvalue weighted by Gasteiger charge is -2.28. The molecule has 0 radical (unpaired) electrons. The van der Waals surface area contributed by atoms with Crippen molar-refractivity contribution in [2.24, 2.45) is 11.8 Å².